The first-order valence-corrected chi connectivity index (χ1v) is 9.79. The zero-order valence-electron chi connectivity index (χ0n) is 18.6. The Morgan fingerprint density at radius 2 is 1.67 bits per heavy atom. The molecular formula is C22H28N4O4. The number of carbonyl (C=O) groups excluding carboxylic acids is 1. The summed E-state index contributed by atoms with van der Waals surface area (Å²) in [6.07, 6.45) is 1.38. The fraction of sp³-hybridized carbons (Fsp3) is 0.455. The molecule has 0 spiro atoms. The van der Waals surface area contributed by atoms with E-state index in [-0.39, 0.29) is 29.7 Å². The topological polar surface area (TPSA) is 88.1 Å². The van der Waals surface area contributed by atoms with Crippen LogP contribution in [0.1, 0.15) is 43.0 Å². The van der Waals surface area contributed by atoms with Crippen LogP contribution in [0.25, 0.3) is 11.2 Å². The van der Waals surface area contributed by atoms with Gasteiger partial charge in [-0.2, -0.15) is 0 Å². The lowest BCUT2D eigenvalue weighted by Gasteiger charge is -2.22. The fourth-order valence-corrected chi connectivity index (χ4v) is 3.51. The van der Waals surface area contributed by atoms with E-state index >= 15 is 0 Å². The first-order valence-electron chi connectivity index (χ1n) is 9.79. The molecule has 3 aromatic rings. The molecule has 0 radical (unpaired) electrons. The zero-order valence-corrected chi connectivity index (χ0v) is 18.6. The molecule has 0 aliphatic heterocycles. The lowest BCUT2D eigenvalue weighted by molar-refractivity contribution is -0.145. The molecule has 8 heteroatoms. The maximum absolute atomic E-state index is 12.5. The van der Waals surface area contributed by atoms with Gasteiger partial charge in [0.15, 0.2) is 11.2 Å². The van der Waals surface area contributed by atoms with Crippen LogP contribution in [0.5, 0.6) is 0 Å². The standard InChI is InChI=1S/C22H28N4O4/c1-13-8-15(22(3,4)5)9-14(2)16(13)11-30-17(27)10-26-12-23-19-18(26)20(28)25(7)21(29)24(19)6/h8-9,12H,10-11H2,1-7H3. The molecule has 3 rings (SSSR count). The summed E-state index contributed by atoms with van der Waals surface area (Å²) in [5, 5.41) is 0. The van der Waals surface area contributed by atoms with E-state index in [1.807, 2.05) is 13.8 Å². The molecule has 2 aromatic heterocycles. The predicted molar refractivity (Wildman–Crippen MR) is 115 cm³/mol. The van der Waals surface area contributed by atoms with Crippen molar-refractivity contribution in [2.24, 2.45) is 14.1 Å². The van der Waals surface area contributed by atoms with Crippen molar-refractivity contribution in [1.82, 2.24) is 18.7 Å². The van der Waals surface area contributed by atoms with Gasteiger partial charge in [-0.25, -0.2) is 9.78 Å². The van der Waals surface area contributed by atoms with Gasteiger partial charge in [0, 0.05) is 14.1 Å². The van der Waals surface area contributed by atoms with Gasteiger partial charge < -0.3 is 9.30 Å². The Bertz CT molecular complexity index is 1230. The molecule has 0 saturated heterocycles. The molecule has 0 bridgehead atoms. The minimum Gasteiger partial charge on any atom is -0.459 e. The number of aromatic nitrogens is 4. The molecule has 160 valence electrons. The van der Waals surface area contributed by atoms with Gasteiger partial charge in [0.25, 0.3) is 5.56 Å². The molecule has 0 saturated carbocycles. The number of esters is 1. The Balaban J connectivity index is 1.81. The maximum atomic E-state index is 12.5. The van der Waals surface area contributed by atoms with E-state index in [0.717, 1.165) is 21.3 Å². The minimum absolute atomic E-state index is 0.0412. The van der Waals surface area contributed by atoms with E-state index in [0.29, 0.717) is 0 Å². The second kappa shape index (κ2) is 7.59. The predicted octanol–water partition coefficient (Wildman–Crippen LogP) is 2.09. The van der Waals surface area contributed by atoms with E-state index in [9.17, 15) is 14.4 Å². The number of benzene rings is 1. The summed E-state index contributed by atoms with van der Waals surface area (Å²) in [4.78, 5) is 41.1. The number of nitrogens with zero attached hydrogens (tertiary/aromatic N) is 4. The largest absolute Gasteiger partial charge is 0.459 e. The second-order valence-corrected chi connectivity index (χ2v) is 8.75. The van der Waals surface area contributed by atoms with E-state index in [1.165, 1.54) is 35.1 Å². The highest BCUT2D eigenvalue weighted by Crippen LogP contribution is 2.27. The average Bonchev–Trinajstić information content (AvgIpc) is 3.06. The molecule has 30 heavy (non-hydrogen) atoms. The number of ether oxygens (including phenoxy) is 1. The van der Waals surface area contributed by atoms with Gasteiger partial charge in [-0.3, -0.25) is 18.7 Å². The highest BCUT2D eigenvalue weighted by molar-refractivity contribution is 5.75. The monoisotopic (exact) mass is 412 g/mol. The van der Waals surface area contributed by atoms with Crippen molar-refractivity contribution >= 4 is 17.1 Å². The van der Waals surface area contributed by atoms with Crippen LogP contribution >= 0.6 is 0 Å². The molecule has 8 nitrogen and oxygen atoms in total. The van der Waals surface area contributed by atoms with Crippen LogP contribution in [0.2, 0.25) is 0 Å². The van der Waals surface area contributed by atoms with E-state index < -0.39 is 17.2 Å². The van der Waals surface area contributed by atoms with Gasteiger partial charge in [0.1, 0.15) is 13.2 Å². The molecule has 0 N–H and O–H groups in total. The lowest BCUT2D eigenvalue weighted by atomic mass is 9.84. The normalized spacial score (nSPS) is 11.8. The van der Waals surface area contributed by atoms with Crippen molar-refractivity contribution < 1.29 is 9.53 Å². The number of hydrogen-bond donors (Lipinski definition) is 0. The molecule has 0 fully saturated rings. The van der Waals surface area contributed by atoms with Crippen LogP contribution < -0.4 is 11.2 Å². The van der Waals surface area contributed by atoms with E-state index in [2.05, 4.69) is 37.9 Å². The molecule has 0 unspecified atom stereocenters. The van der Waals surface area contributed by atoms with Crippen LogP contribution in [-0.4, -0.2) is 24.7 Å². The molecule has 0 aliphatic carbocycles. The van der Waals surface area contributed by atoms with Gasteiger partial charge in [-0.1, -0.05) is 32.9 Å². The average molecular weight is 412 g/mol. The van der Waals surface area contributed by atoms with Crippen LogP contribution in [0.4, 0.5) is 0 Å². The summed E-state index contributed by atoms with van der Waals surface area (Å²) in [6, 6.07) is 4.26. The van der Waals surface area contributed by atoms with Gasteiger partial charge >= 0.3 is 11.7 Å². The highest BCUT2D eigenvalue weighted by Gasteiger charge is 2.19. The van der Waals surface area contributed by atoms with E-state index in [4.69, 9.17) is 4.74 Å². The number of aryl methyl sites for hydroxylation is 3. The van der Waals surface area contributed by atoms with Crippen molar-refractivity contribution in [2.75, 3.05) is 0 Å². The SMILES string of the molecule is Cc1cc(C(C)(C)C)cc(C)c1COC(=O)Cn1cnc2c1c(=O)n(C)c(=O)n2C. The molecule has 0 aliphatic rings. The van der Waals surface area contributed by atoms with Crippen molar-refractivity contribution in [3.8, 4) is 0 Å². The fourth-order valence-electron chi connectivity index (χ4n) is 3.51. The lowest BCUT2D eigenvalue weighted by Crippen LogP contribution is -2.37. The molecular weight excluding hydrogens is 384 g/mol. The van der Waals surface area contributed by atoms with Crippen molar-refractivity contribution in [3.63, 3.8) is 0 Å². The van der Waals surface area contributed by atoms with Crippen LogP contribution in [0.15, 0.2) is 28.0 Å². The van der Waals surface area contributed by atoms with Crippen molar-refractivity contribution in [3.05, 3.63) is 61.6 Å². The molecule has 0 atom stereocenters. The minimum atomic E-state index is -0.497. The van der Waals surface area contributed by atoms with Crippen molar-refractivity contribution in [2.45, 2.75) is 53.2 Å². The number of imidazole rings is 1. The second-order valence-electron chi connectivity index (χ2n) is 8.75. The zero-order chi connectivity index (χ0) is 22.4. The van der Waals surface area contributed by atoms with Crippen LogP contribution in [0, 0.1) is 13.8 Å². The summed E-state index contributed by atoms with van der Waals surface area (Å²) >= 11 is 0. The highest BCUT2D eigenvalue weighted by atomic mass is 16.5. The summed E-state index contributed by atoms with van der Waals surface area (Å²) in [5.74, 6) is -0.482. The Hall–Kier alpha value is -3.16. The Labute approximate surface area is 174 Å². The third-order valence-electron chi connectivity index (χ3n) is 5.46. The summed E-state index contributed by atoms with van der Waals surface area (Å²) in [6.45, 7) is 10.5. The summed E-state index contributed by atoms with van der Waals surface area (Å²) in [7, 11) is 2.93. The quantitative estimate of drug-likeness (QED) is 0.613. The Morgan fingerprint density at radius 3 is 2.23 bits per heavy atom. The molecule has 0 amide bonds. The third kappa shape index (κ3) is 3.81. The number of carbonyl (C=O) groups is 1. The first kappa shape index (κ1) is 21.5. The summed E-state index contributed by atoms with van der Waals surface area (Å²) in [5.41, 5.74) is 3.87. The van der Waals surface area contributed by atoms with E-state index in [1.54, 1.807) is 0 Å². The Kier molecular flexibility index (Phi) is 5.45. The molecule has 2 heterocycles. The van der Waals surface area contributed by atoms with Crippen molar-refractivity contribution in [1.29, 1.82) is 0 Å². The maximum Gasteiger partial charge on any atom is 0.332 e. The summed E-state index contributed by atoms with van der Waals surface area (Å²) < 4.78 is 9.19. The van der Waals surface area contributed by atoms with Crippen LogP contribution in [0.3, 0.4) is 0 Å². The first-order chi connectivity index (χ1) is 13.9. The number of rotatable bonds is 4. The number of fused-ring (bicyclic) bond motifs is 1. The number of hydrogen-bond acceptors (Lipinski definition) is 5. The third-order valence-corrected chi connectivity index (χ3v) is 5.46. The van der Waals surface area contributed by atoms with Crippen LogP contribution in [-0.2, 0) is 42.2 Å². The van der Waals surface area contributed by atoms with Gasteiger partial charge in [-0.05, 0) is 41.5 Å². The smallest absolute Gasteiger partial charge is 0.332 e. The Morgan fingerprint density at radius 1 is 1.07 bits per heavy atom. The van der Waals surface area contributed by atoms with Gasteiger partial charge in [0.2, 0.25) is 0 Å². The van der Waals surface area contributed by atoms with Gasteiger partial charge in [0.05, 0.1) is 6.33 Å². The van der Waals surface area contributed by atoms with Gasteiger partial charge in [-0.15, -0.1) is 0 Å². The molecule has 1 aromatic carbocycles.